The van der Waals surface area contributed by atoms with Crippen molar-refractivity contribution in [3.63, 3.8) is 0 Å². The fraction of sp³-hybridized carbons (Fsp3) is 0.318. The second kappa shape index (κ2) is 8.59. The van der Waals surface area contributed by atoms with Gasteiger partial charge in [0.25, 0.3) is 0 Å². The van der Waals surface area contributed by atoms with Gasteiger partial charge < -0.3 is 9.47 Å². The van der Waals surface area contributed by atoms with E-state index in [1.165, 1.54) is 16.8 Å². The lowest BCUT2D eigenvalue weighted by Gasteiger charge is -2.18. The van der Waals surface area contributed by atoms with E-state index < -0.39 is 0 Å². The van der Waals surface area contributed by atoms with Crippen molar-refractivity contribution in [2.75, 3.05) is 19.6 Å². The van der Waals surface area contributed by atoms with E-state index in [-0.39, 0.29) is 12.4 Å². The van der Waals surface area contributed by atoms with E-state index in [0.29, 0.717) is 0 Å². The van der Waals surface area contributed by atoms with Gasteiger partial charge in [0.15, 0.2) is 0 Å². The summed E-state index contributed by atoms with van der Waals surface area (Å²) in [4.78, 5) is 7.39. The number of imidazole rings is 2. The lowest BCUT2D eigenvalue weighted by atomic mass is 10.1. The third kappa shape index (κ3) is 3.73. The van der Waals surface area contributed by atoms with Crippen LogP contribution in [0, 0.1) is 0 Å². The largest absolute Gasteiger partial charge is 0.310 e. The van der Waals surface area contributed by atoms with Gasteiger partial charge in [0, 0.05) is 12.7 Å². The number of halogens is 1. The van der Waals surface area contributed by atoms with Crippen molar-refractivity contribution in [3.8, 4) is 11.3 Å². The van der Waals surface area contributed by atoms with Crippen molar-refractivity contribution < 1.29 is 0 Å². The lowest BCUT2D eigenvalue weighted by Crippen LogP contribution is -2.24. The Morgan fingerprint density at radius 2 is 1.63 bits per heavy atom. The first-order valence-corrected chi connectivity index (χ1v) is 9.56. The van der Waals surface area contributed by atoms with E-state index in [0.717, 1.165) is 43.9 Å². The highest BCUT2D eigenvalue weighted by Crippen LogP contribution is 2.26. The van der Waals surface area contributed by atoms with Crippen LogP contribution in [0.4, 0.5) is 0 Å². The monoisotopic (exact) mass is 382 g/mol. The summed E-state index contributed by atoms with van der Waals surface area (Å²) in [5, 5.41) is 0. The highest BCUT2D eigenvalue weighted by atomic mass is 35.5. The minimum absolute atomic E-state index is 0. The predicted octanol–water partition coefficient (Wildman–Crippen LogP) is 5.11. The molecule has 0 bridgehead atoms. The van der Waals surface area contributed by atoms with Crippen molar-refractivity contribution in [2.45, 2.75) is 26.8 Å². The molecular weight excluding hydrogens is 356 g/mol. The molecular formula is C22H27ClN4. The van der Waals surface area contributed by atoms with Gasteiger partial charge >= 0.3 is 0 Å². The van der Waals surface area contributed by atoms with Crippen LogP contribution >= 0.6 is 12.4 Å². The summed E-state index contributed by atoms with van der Waals surface area (Å²) in [6.07, 6.45) is 3.35. The Hall–Kier alpha value is -2.30. The second-order valence-electron chi connectivity index (χ2n) is 6.68. The Kier molecular flexibility index (Phi) is 6.19. The summed E-state index contributed by atoms with van der Waals surface area (Å²) in [5.41, 5.74) is 4.70. The fourth-order valence-corrected chi connectivity index (χ4v) is 3.70. The zero-order valence-corrected chi connectivity index (χ0v) is 16.8. The topological polar surface area (TPSA) is 25.5 Å². The van der Waals surface area contributed by atoms with Crippen LogP contribution in [-0.4, -0.2) is 38.5 Å². The minimum atomic E-state index is 0. The summed E-state index contributed by atoms with van der Waals surface area (Å²) < 4.78 is 4.61. The molecule has 0 spiro atoms. The summed E-state index contributed by atoms with van der Waals surface area (Å²) in [5.74, 6) is 1.03. The molecule has 4 nitrogen and oxygen atoms in total. The number of benzene rings is 2. The third-order valence-corrected chi connectivity index (χ3v) is 5.18. The highest BCUT2D eigenvalue weighted by molar-refractivity contribution is 5.85. The molecule has 142 valence electrons. The van der Waals surface area contributed by atoms with E-state index in [4.69, 9.17) is 4.98 Å². The molecule has 0 saturated carbocycles. The Bertz CT molecular complexity index is 999. The molecule has 0 aliphatic heterocycles. The molecule has 4 aromatic rings. The first-order chi connectivity index (χ1) is 12.8. The maximum absolute atomic E-state index is 4.91. The van der Waals surface area contributed by atoms with Crippen molar-refractivity contribution in [1.29, 1.82) is 0 Å². The van der Waals surface area contributed by atoms with E-state index in [1.807, 2.05) is 0 Å². The standard InChI is InChI=1S/C22H26N4.ClH/c1-3-24(4-2)15-10-16-25-21(18-11-6-5-7-12-18)17-26-20-14-9-8-13-19(20)23-22(25)26;/h5-9,11-14,17H,3-4,10,15-16H2,1-2H3;1H. The number of nitrogens with zero attached hydrogens (tertiary/aromatic N) is 4. The average Bonchev–Trinajstić information content (AvgIpc) is 3.22. The number of aryl methyl sites for hydroxylation is 1. The van der Waals surface area contributed by atoms with Gasteiger partial charge in [0.05, 0.1) is 16.7 Å². The van der Waals surface area contributed by atoms with Crippen LogP contribution in [0.15, 0.2) is 60.8 Å². The summed E-state index contributed by atoms with van der Waals surface area (Å²) >= 11 is 0. The number of hydrogen-bond donors (Lipinski definition) is 0. The molecule has 0 atom stereocenters. The molecule has 0 N–H and O–H groups in total. The van der Waals surface area contributed by atoms with Crippen molar-refractivity contribution in [1.82, 2.24) is 18.9 Å². The van der Waals surface area contributed by atoms with Gasteiger partial charge in [-0.2, -0.15) is 0 Å². The molecule has 0 aliphatic rings. The van der Waals surface area contributed by atoms with Crippen LogP contribution in [-0.2, 0) is 6.54 Å². The normalized spacial score (nSPS) is 11.4. The first kappa shape index (κ1) is 19.5. The molecule has 4 rings (SSSR count). The van der Waals surface area contributed by atoms with Crippen molar-refractivity contribution in [2.24, 2.45) is 0 Å². The van der Waals surface area contributed by atoms with E-state index in [2.05, 4.69) is 88.5 Å². The minimum Gasteiger partial charge on any atom is -0.310 e. The molecule has 0 unspecified atom stereocenters. The molecule has 2 heterocycles. The maximum Gasteiger partial charge on any atom is 0.215 e. The molecule has 5 heteroatoms. The second-order valence-corrected chi connectivity index (χ2v) is 6.68. The van der Waals surface area contributed by atoms with Crippen LogP contribution < -0.4 is 0 Å². The lowest BCUT2D eigenvalue weighted by molar-refractivity contribution is 0.294. The van der Waals surface area contributed by atoms with Gasteiger partial charge in [0.1, 0.15) is 0 Å². The molecule has 0 fully saturated rings. The summed E-state index contributed by atoms with van der Waals surface area (Å²) in [7, 11) is 0. The smallest absolute Gasteiger partial charge is 0.215 e. The van der Waals surface area contributed by atoms with Crippen LogP contribution in [0.25, 0.3) is 28.1 Å². The molecule has 0 aliphatic carbocycles. The number of fused-ring (bicyclic) bond motifs is 3. The zero-order valence-electron chi connectivity index (χ0n) is 16.0. The highest BCUT2D eigenvalue weighted by Gasteiger charge is 2.15. The van der Waals surface area contributed by atoms with Crippen molar-refractivity contribution >= 4 is 29.2 Å². The molecule has 2 aromatic heterocycles. The molecule has 2 aromatic carbocycles. The predicted molar refractivity (Wildman–Crippen MR) is 116 cm³/mol. The number of aromatic nitrogens is 3. The molecule has 0 amide bonds. The fourth-order valence-electron chi connectivity index (χ4n) is 3.70. The van der Waals surface area contributed by atoms with Crippen LogP contribution in [0.2, 0.25) is 0 Å². The SMILES string of the molecule is CCN(CC)CCCn1c(-c2ccccc2)cn2c3ccccc3nc12.Cl. The number of hydrogen-bond acceptors (Lipinski definition) is 2. The molecule has 0 saturated heterocycles. The van der Waals surface area contributed by atoms with Gasteiger partial charge in [0.2, 0.25) is 5.78 Å². The van der Waals surface area contributed by atoms with Gasteiger partial charge in [-0.15, -0.1) is 12.4 Å². The maximum atomic E-state index is 4.91. The summed E-state index contributed by atoms with van der Waals surface area (Å²) in [6, 6.07) is 19.0. The van der Waals surface area contributed by atoms with Gasteiger partial charge in [-0.05, 0) is 43.8 Å². The average molecular weight is 383 g/mol. The van der Waals surface area contributed by atoms with Gasteiger partial charge in [-0.3, -0.25) is 4.40 Å². The number of para-hydroxylation sites is 2. The van der Waals surface area contributed by atoms with E-state index >= 15 is 0 Å². The van der Waals surface area contributed by atoms with Crippen molar-refractivity contribution in [3.05, 3.63) is 60.8 Å². The van der Waals surface area contributed by atoms with Crippen LogP contribution in [0.5, 0.6) is 0 Å². The number of rotatable bonds is 7. The Morgan fingerprint density at radius 1 is 0.926 bits per heavy atom. The molecule has 27 heavy (non-hydrogen) atoms. The molecule has 0 radical (unpaired) electrons. The quantitative estimate of drug-likeness (QED) is 0.443. The first-order valence-electron chi connectivity index (χ1n) is 9.56. The third-order valence-electron chi connectivity index (χ3n) is 5.18. The zero-order chi connectivity index (χ0) is 17.9. The van der Waals surface area contributed by atoms with Crippen LogP contribution in [0.3, 0.4) is 0 Å². The van der Waals surface area contributed by atoms with E-state index in [1.54, 1.807) is 0 Å². The Labute approximate surface area is 166 Å². The van der Waals surface area contributed by atoms with Gasteiger partial charge in [-0.1, -0.05) is 56.3 Å². The van der Waals surface area contributed by atoms with Crippen LogP contribution in [0.1, 0.15) is 20.3 Å². The Morgan fingerprint density at radius 3 is 2.37 bits per heavy atom. The van der Waals surface area contributed by atoms with Gasteiger partial charge in [-0.25, -0.2) is 4.98 Å². The summed E-state index contributed by atoms with van der Waals surface area (Å²) in [6.45, 7) is 8.77. The Balaban J connectivity index is 0.00000210. The van der Waals surface area contributed by atoms with E-state index in [9.17, 15) is 0 Å².